The van der Waals surface area contributed by atoms with Crippen molar-refractivity contribution < 1.29 is 9.47 Å². The van der Waals surface area contributed by atoms with Crippen LogP contribution in [-0.4, -0.2) is 31.3 Å². The molecular formula is C12H18Cl2N2O2. The molecule has 102 valence electrons. The van der Waals surface area contributed by atoms with Gasteiger partial charge in [-0.25, -0.2) is 0 Å². The summed E-state index contributed by atoms with van der Waals surface area (Å²) in [7, 11) is 1.62. The quantitative estimate of drug-likeness (QED) is 0.833. The van der Waals surface area contributed by atoms with Crippen molar-refractivity contribution in [3.63, 3.8) is 0 Å². The number of pyridine rings is 1. The van der Waals surface area contributed by atoms with Crippen LogP contribution in [-0.2, 0) is 4.74 Å². The normalized spacial score (nSPS) is 12.3. The highest BCUT2D eigenvalue weighted by Gasteiger charge is 2.13. The first kappa shape index (κ1) is 15.3. The van der Waals surface area contributed by atoms with Crippen molar-refractivity contribution in [2.45, 2.75) is 26.4 Å². The molecule has 4 nitrogen and oxygen atoms in total. The number of rotatable bonds is 7. The van der Waals surface area contributed by atoms with Crippen molar-refractivity contribution in [3.05, 3.63) is 16.1 Å². The number of hydrogen-bond acceptors (Lipinski definition) is 4. The SMILES string of the molecule is CCCNc1nc(OC(C)COC)c(Cl)cc1Cl. The fourth-order valence-electron chi connectivity index (χ4n) is 1.36. The Morgan fingerprint density at radius 1 is 1.39 bits per heavy atom. The van der Waals surface area contributed by atoms with Gasteiger partial charge in [0.1, 0.15) is 16.9 Å². The van der Waals surface area contributed by atoms with Crippen LogP contribution in [0.3, 0.4) is 0 Å². The van der Waals surface area contributed by atoms with Gasteiger partial charge in [0, 0.05) is 13.7 Å². The van der Waals surface area contributed by atoms with Crippen LogP contribution in [0.1, 0.15) is 20.3 Å². The summed E-state index contributed by atoms with van der Waals surface area (Å²) in [5.74, 6) is 0.951. The molecule has 1 aromatic heterocycles. The second kappa shape index (κ2) is 7.67. The fourth-order valence-corrected chi connectivity index (χ4v) is 1.83. The molecule has 0 bridgehead atoms. The van der Waals surface area contributed by atoms with E-state index in [-0.39, 0.29) is 6.10 Å². The summed E-state index contributed by atoms with van der Waals surface area (Å²) in [5, 5.41) is 4.00. The van der Waals surface area contributed by atoms with Crippen molar-refractivity contribution in [2.24, 2.45) is 0 Å². The van der Waals surface area contributed by atoms with Crippen molar-refractivity contribution in [2.75, 3.05) is 25.6 Å². The molecular weight excluding hydrogens is 275 g/mol. The lowest BCUT2D eigenvalue weighted by Gasteiger charge is -2.15. The molecule has 0 amide bonds. The van der Waals surface area contributed by atoms with E-state index < -0.39 is 0 Å². The van der Waals surface area contributed by atoms with Gasteiger partial charge in [0.2, 0.25) is 5.88 Å². The monoisotopic (exact) mass is 292 g/mol. The molecule has 1 heterocycles. The number of hydrogen-bond donors (Lipinski definition) is 1. The Morgan fingerprint density at radius 3 is 2.72 bits per heavy atom. The lowest BCUT2D eigenvalue weighted by atomic mass is 10.4. The number of halogens is 2. The Hall–Kier alpha value is -0.710. The third-order valence-electron chi connectivity index (χ3n) is 2.15. The fraction of sp³-hybridized carbons (Fsp3) is 0.583. The Labute approximate surface area is 118 Å². The van der Waals surface area contributed by atoms with Crippen LogP contribution in [0.2, 0.25) is 10.0 Å². The van der Waals surface area contributed by atoms with Crippen molar-refractivity contribution >= 4 is 29.0 Å². The van der Waals surface area contributed by atoms with Gasteiger partial charge in [-0.15, -0.1) is 0 Å². The Balaban J connectivity index is 2.83. The largest absolute Gasteiger partial charge is 0.471 e. The minimum Gasteiger partial charge on any atom is -0.471 e. The van der Waals surface area contributed by atoms with E-state index in [0.717, 1.165) is 13.0 Å². The van der Waals surface area contributed by atoms with Gasteiger partial charge in [0.15, 0.2) is 0 Å². The van der Waals surface area contributed by atoms with Gasteiger partial charge in [0.25, 0.3) is 0 Å². The van der Waals surface area contributed by atoms with Crippen LogP contribution < -0.4 is 10.1 Å². The molecule has 0 aromatic carbocycles. The molecule has 1 unspecified atom stereocenters. The zero-order chi connectivity index (χ0) is 13.5. The number of nitrogens with one attached hydrogen (secondary N) is 1. The van der Waals surface area contributed by atoms with Crippen LogP contribution in [0.5, 0.6) is 5.88 Å². The van der Waals surface area contributed by atoms with E-state index in [0.29, 0.717) is 28.3 Å². The first-order valence-electron chi connectivity index (χ1n) is 5.84. The molecule has 1 atom stereocenters. The number of methoxy groups -OCH3 is 1. The smallest absolute Gasteiger partial charge is 0.235 e. The van der Waals surface area contributed by atoms with E-state index in [9.17, 15) is 0 Å². The maximum atomic E-state index is 6.05. The predicted octanol–water partition coefficient (Wildman–Crippen LogP) is 3.62. The average molecular weight is 293 g/mol. The van der Waals surface area contributed by atoms with Crippen LogP contribution in [0.15, 0.2) is 6.07 Å². The highest BCUT2D eigenvalue weighted by molar-refractivity contribution is 6.36. The Bertz CT molecular complexity index is 389. The van der Waals surface area contributed by atoms with E-state index >= 15 is 0 Å². The molecule has 0 aliphatic heterocycles. The molecule has 1 rings (SSSR count). The van der Waals surface area contributed by atoms with Crippen LogP contribution >= 0.6 is 23.2 Å². The molecule has 6 heteroatoms. The summed E-state index contributed by atoms with van der Waals surface area (Å²) in [4.78, 5) is 4.28. The van der Waals surface area contributed by atoms with Crippen LogP contribution in [0.4, 0.5) is 5.82 Å². The maximum Gasteiger partial charge on any atom is 0.235 e. The third-order valence-corrected chi connectivity index (χ3v) is 2.71. The average Bonchev–Trinajstić information content (AvgIpc) is 2.31. The number of ether oxygens (including phenoxy) is 2. The molecule has 0 saturated carbocycles. The molecule has 1 N–H and O–H groups in total. The summed E-state index contributed by atoms with van der Waals surface area (Å²) in [6, 6.07) is 1.63. The van der Waals surface area contributed by atoms with E-state index in [1.54, 1.807) is 13.2 Å². The maximum absolute atomic E-state index is 6.05. The summed E-state index contributed by atoms with van der Waals surface area (Å²) in [6.45, 7) is 5.21. The van der Waals surface area contributed by atoms with Crippen molar-refractivity contribution in [1.29, 1.82) is 0 Å². The lowest BCUT2D eigenvalue weighted by molar-refractivity contribution is 0.0891. The topological polar surface area (TPSA) is 43.4 Å². The van der Waals surface area contributed by atoms with Gasteiger partial charge in [-0.3, -0.25) is 0 Å². The summed E-state index contributed by atoms with van der Waals surface area (Å²) in [5.41, 5.74) is 0. The molecule has 0 aliphatic carbocycles. The second-order valence-electron chi connectivity index (χ2n) is 3.92. The number of aromatic nitrogens is 1. The van der Waals surface area contributed by atoms with Gasteiger partial charge in [0.05, 0.1) is 11.6 Å². The number of nitrogens with zero attached hydrogens (tertiary/aromatic N) is 1. The van der Waals surface area contributed by atoms with E-state index in [2.05, 4.69) is 17.2 Å². The van der Waals surface area contributed by atoms with E-state index in [1.165, 1.54) is 0 Å². The molecule has 0 spiro atoms. The van der Waals surface area contributed by atoms with E-state index in [1.807, 2.05) is 6.92 Å². The molecule has 18 heavy (non-hydrogen) atoms. The zero-order valence-corrected chi connectivity index (χ0v) is 12.3. The van der Waals surface area contributed by atoms with Crippen molar-refractivity contribution in [1.82, 2.24) is 4.98 Å². The standard InChI is InChI=1S/C12H18Cl2N2O2/c1-4-5-15-11-9(13)6-10(14)12(16-11)18-8(2)7-17-3/h6,8H,4-5,7H2,1-3H3,(H,15,16). The van der Waals surface area contributed by atoms with Gasteiger partial charge in [-0.1, -0.05) is 30.1 Å². The molecule has 0 fully saturated rings. The minimum absolute atomic E-state index is 0.125. The molecule has 0 saturated heterocycles. The van der Waals surface area contributed by atoms with Crippen LogP contribution in [0, 0.1) is 0 Å². The minimum atomic E-state index is -0.125. The summed E-state index contributed by atoms with van der Waals surface area (Å²) < 4.78 is 10.6. The van der Waals surface area contributed by atoms with Gasteiger partial charge >= 0.3 is 0 Å². The Morgan fingerprint density at radius 2 is 2.11 bits per heavy atom. The highest BCUT2D eigenvalue weighted by atomic mass is 35.5. The van der Waals surface area contributed by atoms with E-state index in [4.69, 9.17) is 32.7 Å². The van der Waals surface area contributed by atoms with Crippen LogP contribution in [0.25, 0.3) is 0 Å². The second-order valence-corrected chi connectivity index (χ2v) is 4.73. The summed E-state index contributed by atoms with van der Waals surface area (Å²) in [6.07, 6.45) is 0.858. The third kappa shape index (κ3) is 4.52. The summed E-state index contributed by atoms with van der Waals surface area (Å²) >= 11 is 12.1. The first-order chi connectivity index (χ1) is 8.58. The van der Waals surface area contributed by atoms with Crippen molar-refractivity contribution in [3.8, 4) is 5.88 Å². The number of anilines is 1. The predicted molar refractivity (Wildman–Crippen MR) is 75.0 cm³/mol. The first-order valence-corrected chi connectivity index (χ1v) is 6.59. The molecule has 0 radical (unpaired) electrons. The highest BCUT2D eigenvalue weighted by Crippen LogP contribution is 2.31. The van der Waals surface area contributed by atoms with Gasteiger partial charge in [-0.05, 0) is 19.4 Å². The lowest BCUT2D eigenvalue weighted by Crippen LogP contribution is -2.19. The zero-order valence-electron chi connectivity index (χ0n) is 10.8. The molecule has 1 aromatic rings. The molecule has 0 aliphatic rings. The van der Waals surface area contributed by atoms with Gasteiger partial charge in [-0.2, -0.15) is 4.98 Å². The Kier molecular flexibility index (Phi) is 6.54. The van der Waals surface area contributed by atoms with Gasteiger partial charge < -0.3 is 14.8 Å².